The Labute approximate surface area is 146 Å². The van der Waals surface area contributed by atoms with Gasteiger partial charge in [-0.1, -0.05) is 17.7 Å². The van der Waals surface area contributed by atoms with E-state index in [0.717, 1.165) is 22.4 Å². The number of hydrogen-bond acceptors (Lipinski definition) is 4. The summed E-state index contributed by atoms with van der Waals surface area (Å²) in [6.07, 6.45) is 1.86. The summed E-state index contributed by atoms with van der Waals surface area (Å²) < 4.78 is 29.2. The highest BCUT2D eigenvalue weighted by Crippen LogP contribution is 2.19. The molecule has 5 nitrogen and oxygen atoms in total. The zero-order valence-electron chi connectivity index (χ0n) is 13.6. The quantitative estimate of drug-likeness (QED) is 0.733. The first kappa shape index (κ1) is 16.9. The first-order chi connectivity index (χ1) is 11.5. The number of aromatic nitrogens is 2. The lowest BCUT2D eigenvalue weighted by atomic mass is 10.2. The van der Waals surface area contributed by atoms with E-state index in [0.29, 0.717) is 18.0 Å². The molecule has 0 bridgehead atoms. The molecule has 3 aromatic rings. The molecule has 1 N–H and O–H groups in total. The van der Waals surface area contributed by atoms with Gasteiger partial charge in [0.25, 0.3) is 0 Å². The maximum absolute atomic E-state index is 12.4. The maximum atomic E-state index is 12.4. The Hall–Kier alpha value is -1.96. The molecule has 0 fully saturated rings. The van der Waals surface area contributed by atoms with Crippen molar-refractivity contribution in [3.63, 3.8) is 0 Å². The minimum absolute atomic E-state index is 0.292. The van der Waals surface area contributed by atoms with Gasteiger partial charge in [-0.05, 0) is 43.0 Å². The molecular weight excluding hydrogens is 342 g/mol. The second-order valence-electron chi connectivity index (χ2n) is 5.64. The lowest BCUT2D eigenvalue weighted by Gasteiger charge is -2.10. The van der Waals surface area contributed by atoms with Crippen LogP contribution in [0.2, 0.25) is 0 Å². The van der Waals surface area contributed by atoms with Crippen LogP contribution in [0.25, 0.3) is 11.3 Å². The average Bonchev–Trinajstić information content (AvgIpc) is 3.17. The van der Waals surface area contributed by atoms with Crippen molar-refractivity contribution in [1.82, 2.24) is 14.5 Å². The van der Waals surface area contributed by atoms with Gasteiger partial charge in [0.2, 0.25) is 10.0 Å². The first-order valence-electron chi connectivity index (χ1n) is 7.59. The molecule has 3 rings (SSSR count). The SMILES string of the molecule is Cc1ccc(S(=O)(=O)NCCn2ccc(-c3ccsc3)n2)c(C)c1. The molecule has 126 valence electrons. The van der Waals surface area contributed by atoms with Crippen LogP contribution in [0.15, 0.2) is 52.2 Å². The molecule has 0 spiro atoms. The molecular formula is C17H19N3O2S2. The summed E-state index contributed by atoms with van der Waals surface area (Å²) in [5.41, 5.74) is 3.77. The molecule has 7 heteroatoms. The summed E-state index contributed by atoms with van der Waals surface area (Å²) in [6, 6.07) is 9.27. The molecule has 2 heterocycles. The second-order valence-corrected chi connectivity index (χ2v) is 8.16. The van der Waals surface area contributed by atoms with Crippen LogP contribution in [0.4, 0.5) is 0 Å². The number of benzene rings is 1. The Kier molecular flexibility index (Phi) is 4.84. The molecule has 0 unspecified atom stereocenters. The summed E-state index contributed by atoms with van der Waals surface area (Å²) in [6.45, 7) is 4.52. The Bertz CT molecular complexity index is 929. The van der Waals surface area contributed by atoms with Gasteiger partial charge in [0.1, 0.15) is 0 Å². The maximum Gasteiger partial charge on any atom is 0.240 e. The van der Waals surface area contributed by atoms with Crippen LogP contribution in [0.3, 0.4) is 0 Å². The predicted octanol–water partition coefficient (Wildman–Crippen LogP) is 3.21. The monoisotopic (exact) mass is 361 g/mol. The Balaban J connectivity index is 1.63. The lowest BCUT2D eigenvalue weighted by molar-refractivity contribution is 0.561. The van der Waals surface area contributed by atoms with Crippen LogP contribution in [0.5, 0.6) is 0 Å². The van der Waals surface area contributed by atoms with Crippen molar-refractivity contribution in [3.8, 4) is 11.3 Å². The van der Waals surface area contributed by atoms with E-state index in [1.807, 2.05) is 55.1 Å². The summed E-state index contributed by atoms with van der Waals surface area (Å²) in [5, 5.41) is 8.51. The van der Waals surface area contributed by atoms with Crippen molar-refractivity contribution < 1.29 is 8.42 Å². The molecule has 0 atom stereocenters. The smallest absolute Gasteiger partial charge is 0.240 e. The molecule has 1 aromatic carbocycles. The van der Waals surface area contributed by atoms with Crippen LogP contribution < -0.4 is 4.72 Å². The van der Waals surface area contributed by atoms with Crippen molar-refractivity contribution in [1.29, 1.82) is 0 Å². The van der Waals surface area contributed by atoms with Gasteiger partial charge in [-0.25, -0.2) is 13.1 Å². The molecule has 24 heavy (non-hydrogen) atoms. The predicted molar refractivity (Wildman–Crippen MR) is 96.6 cm³/mol. The van der Waals surface area contributed by atoms with Crippen molar-refractivity contribution in [2.75, 3.05) is 6.54 Å². The van der Waals surface area contributed by atoms with Gasteiger partial charge in [0.05, 0.1) is 17.1 Å². The standard InChI is InChI=1S/C17H19N3O2S2/c1-13-3-4-17(14(2)11-13)24(21,22)18-7-9-20-8-5-16(19-20)15-6-10-23-12-15/h3-6,8,10-12,18H,7,9H2,1-2H3. The number of nitrogens with zero attached hydrogens (tertiary/aromatic N) is 2. The molecule has 2 aromatic heterocycles. The summed E-state index contributed by atoms with van der Waals surface area (Å²) >= 11 is 1.62. The normalized spacial score (nSPS) is 11.8. The van der Waals surface area contributed by atoms with E-state index in [4.69, 9.17) is 0 Å². The molecule has 0 aliphatic rings. The van der Waals surface area contributed by atoms with Gasteiger partial charge in [0.15, 0.2) is 0 Å². The van der Waals surface area contributed by atoms with Crippen molar-refractivity contribution in [3.05, 3.63) is 58.4 Å². The largest absolute Gasteiger partial charge is 0.271 e. The number of hydrogen-bond donors (Lipinski definition) is 1. The average molecular weight is 361 g/mol. The van der Waals surface area contributed by atoms with Crippen LogP contribution in [0, 0.1) is 13.8 Å². The number of nitrogens with one attached hydrogen (secondary N) is 1. The van der Waals surface area contributed by atoms with E-state index in [2.05, 4.69) is 9.82 Å². The third-order valence-electron chi connectivity index (χ3n) is 3.71. The second kappa shape index (κ2) is 6.88. The summed E-state index contributed by atoms with van der Waals surface area (Å²) in [5.74, 6) is 0. The van der Waals surface area contributed by atoms with Gasteiger partial charge in [0, 0.05) is 23.7 Å². The number of thiophene rings is 1. The van der Waals surface area contributed by atoms with Gasteiger partial charge < -0.3 is 0 Å². The van der Waals surface area contributed by atoms with E-state index in [1.54, 1.807) is 22.1 Å². The highest BCUT2D eigenvalue weighted by atomic mass is 32.2. The molecule has 0 aliphatic heterocycles. The molecule has 0 saturated heterocycles. The van der Waals surface area contributed by atoms with Crippen LogP contribution in [-0.2, 0) is 16.6 Å². The summed E-state index contributed by atoms with van der Waals surface area (Å²) in [7, 11) is -3.50. The number of aryl methyl sites for hydroxylation is 2. The molecule has 0 amide bonds. The highest BCUT2D eigenvalue weighted by molar-refractivity contribution is 7.89. The zero-order valence-corrected chi connectivity index (χ0v) is 15.2. The third-order valence-corrected chi connectivity index (χ3v) is 6.02. The Morgan fingerprint density at radius 1 is 1.21 bits per heavy atom. The third kappa shape index (κ3) is 3.75. The molecule has 0 radical (unpaired) electrons. The first-order valence-corrected chi connectivity index (χ1v) is 10.0. The van der Waals surface area contributed by atoms with E-state index in [-0.39, 0.29) is 0 Å². The van der Waals surface area contributed by atoms with Gasteiger partial charge in [-0.15, -0.1) is 0 Å². The van der Waals surface area contributed by atoms with Crippen LogP contribution >= 0.6 is 11.3 Å². The fraction of sp³-hybridized carbons (Fsp3) is 0.235. The zero-order chi connectivity index (χ0) is 17.2. The Morgan fingerprint density at radius 3 is 2.75 bits per heavy atom. The minimum Gasteiger partial charge on any atom is -0.271 e. The van der Waals surface area contributed by atoms with Gasteiger partial charge in [-0.2, -0.15) is 16.4 Å². The van der Waals surface area contributed by atoms with E-state index >= 15 is 0 Å². The lowest BCUT2D eigenvalue weighted by Crippen LogP contribution is -2.28. The van der Waals surface area contributed by atoms with E-state index in [9.17, 15) is 8.42 Å². The van der Waals surface area contributed by atoms with Gasteiger partial charge >= 0.3 is 0 Å². The Morgan fingerprint density at radius 2 is 2.04 bits per heavy atom. The van der Waals surface area contributed by atoms with E-state index < -0.39 is 10.0 Å². The fourth-order valence-electron chi connectivity index (χ4n) is 2.52. The van der Waals surface area contributed by atoms with Crippen molar-refractivity contribution in [2.45, 2.75) is 25.3 Å². The van der Waals surface area contributed by atoms with Crippen LogP contribution in [-0.4, -0.2) is 24.7 Å². The molecule has 0 saturated carbocycles. The topological polar surface area (TPSA) is 64.0 Å². The van der Waals surface area contributed by atoms with Crippen molar-refractivity contribution >= 4 is 21.4 Å². The number of sulfonamides is 1. The van der Waals surface area contributed by atoms with E-state index in [1.165, 1.54) is 0 Å². The fourth-order valence-corrected chi connectivity index (χ4v) is 4.42. The van der Waals surface area contributed by atoms with Crippen molar-refractivity contribution in [2.24, 2.45) is 0 Å². The minimum atomic E-state index is -3.50. The summed E-state index contributed by atoms with van der Waals surface area (Å²) in [4.78, 5) is 0.326. The molecule has 0 aliphatic carbocycles. The van der Waals surface area contributed by atoms with Crippen LogP contribution in [0.1, 0.15) is 11.1 Å². The highest BCUT2D eigenvalue weighted by Gasteiger charge is 2.16. The number of rotatable bonds is 6. The van der Waals surface area contributed by atoms with Gasteiger partial charge in [-0.3, -0.25) is 4.68 Å².